The van der Waals surface area contributed by atoms with Crippen molar-refractivity contribution in [3.05, 3.63) is 35.1 Å². The van der Waals surface area contributed by atoms with Crippen molar-refractivity contribution in [1.82, 2.24) is 0 Å². The van der Waals surface area contributed by atoms with Gasteiger partial charge in [-0.2, -0.15) is 0 Å². The predicted molar refractivity (Wildman–Crippen MR) is 47.2 cm³/mol. The maximum absolute atomic E-state index is 13.0. The lowest BCUT2D eigenvalue weighted by Gasteiger charge is -2.10. The first-order valence-corrected chi connectivity index (χ1v) is 4.02. The van der Waals surface area contributed by atoms with Crippen molar-refractivity contribution in [2.75, 3.05) is 0 Å². The largest absolute Gasteiger partial charge is 0.481 e. The minimum Gasteiger partial charge on any atom is -0.481 e. The molecule has 1 unspecified atom stereocenters. The molecule has 2 nitrogen and oxygen atoms in total. The molecule has 1 N–H and O–H groups in total. The highest BCUT2D eigenvalue weighted by Crippen LogP contribution is 2.21. The zero-order valence-electron chi connectivity index (χ0n) is 7.54. The van der Waals surface area contributed by atoms with Crippen LogP contribution in [0.15, 0.2) is 18.2 Å². The van der Waals surface area contributed by atoms with Gasteiger partial charge in [0.2, 0.25) is 0 Å². The lowest BCUT2D eigenvalue weighted by Crippen LogP contribution is -2.09. The number of carboxylic acid groups (broad SMARTS) is 1. The SMILES string of the molecule is Cc1c(F)cccc1C(C)C(=O)O. The van der Waals surface area contributed by atoms with Gasteiger partial charge < -0.3 is 5.11 Å². The predicted octanol–water partition coefficient (Wildman–Crippen LogP) is 2.32. The van der Waals surface area contributed by atoms with Crippen LogP contribution in [0.4, 0.5) is 4.39 Å². The molecule has 0 aromatic heterocycles. The molecule has 1 atom stereocenters. The third kappa shape index (κ3) is 1.86. The maximum atomic E-state index is 13.0. The van der Waals surface area contributed by atoms with Gasteiger partial charge in [0.05, 0.1) is 5.92 Å². The van der Waals surface area contributed by atoms with Gasteiger partial charge in [-0.3, -0.25) is 4.79 Å². The van der Waals surface area contributed by atoms with Crippen LogP contribution in [-0.2, 0) is 4.79 Å². The highest BCUT2D eigenvalue weighted by Gasteiger charge is 2.16. The Morgan fingerprint density at radius 3 is 2.69 bits per heavy atom. The zero-order valence-corrected chi connectivity index (χ0v) is 7.54. The lowest BCUT2D eigenvalue weighted by molar-refractivity contribution is -0.138. The van der Waals surface area contributed by atoms with Gasteiger partial charge in [-0.05, 0) is 31.0 Å². The van der Waals surface area contributed by atoms with E-state index in [9.17, 15) is 9.18 Å². The van der Waals surface area contributed by atoms with Gasteiger partial charge in [0.1, 0.15) is 5.82 Å². The van der Waals surface area contributed by atoms with E-state index in [4.69, 9.17) is 5.11 Å². The summed E-state index contributed by atoms with van der Waals surface area (Å²) < 4.78 is 13.0. The summed E-state index contributed by atoms with van der Waals surface area (Å²) in [6.45, 7) is 3.13. The summed E-state index contributed by atoms with van der Waals surface area (Å²) in [4.78, 5) is 10.6. The molecule has 0 aliphatic heterocycles. The standard InChI is InChI=1S/C10H11FO2/c1-6-8(7(2)10(12)13)4-3-5-9(6)11/h3-5,7H,1-2H3,(H,12,13). The van der Waals surface area contributed by atoms with Crippen molar-refractivity contribution < 1.29 is 14.3 Å². The van der Waals surface area contributed by atoms with Gasteiger partial charge in [0, 0.05) is 0 Å². The quantitative estimate of drug-likeness (QED) is 0.762. The van der Waals surface area contributed by atoms with E-state index in [0.717, 1.165) is 0 Å². The molecule has 0 aliphatic carbocycles. The van der Waals surface area contributed by atoms with Crippen LogP contribution in [-0.4, -0.2) is 11.1 Å². The van der Waals surface area contributed by atoms with Crippen molar-refractivity contribution in [3.8, 4) is 0 Å². The van der Waals surface area contributed by atoms with Gasteiger partial charge in [0.15, 0.2) is 0 Å². The molecule has 1 aromatic rings. The van der Waals surface area contributed by atoms with E-state index in [1.54, 1.807) is 19.9 Å². The molecule has 0 amide bonds. The average Bonchev–Trinajstić information content (AvgIpc) is 2.08. The van der Waals surface area contributed by atoms with E-state index in [1.165, 1.54) is 12.1 Å². The van der Waals surface area contributed by atoms with Gasteiger partial charge in [-0.15, -0.1) is 0 Å². The van der Waals surface area contributed by atoms with E-state index in [-0.39, 0.29) is 5.82 Å². The van der Waals surface area contributed by atoms with Crippen LogP contribution in [0.5, 0.6) is 0 Å². The van der Waals surface area contributed by atoms with Crippen LogP contribution in [0.2, 0.25) is 0 Å². The van der Waals surface area contributed by atoms with E-state index >= 15 is 0 Å². The van der Waals surface area contributed by atoms with Crippen molar-refractivity contribution in [2.45, 2.75) is 19.8 Å². The van der Waals surface area contributed by atoms with Crippen LogP contribution in [0.1, 0.15) is 24.0 Å². The van der Waals surface area contributed by atoms with Crippen molar-refractivity contribution in [2.24, 2.45) is 0 Å². The minimum atomic E-state index is -0.936. The fourth-order valence-electron chi connectivity index (χ4n) is 1.23. The van der Waals surface area contributed by atoms with Crippen molar-refractivity contribution in [1.29, 1.82) is 0 Å². The first kappa shape index (κ1) is 9.71. The zero-order chi connectivity index (χ0) is 10.0. The molecule has 0 bridgehead atoms. The number of benzene rings is 1. The Morgan fingerprint density at radius 2 is 2.15 bits per heavy atom. The molecule has 3 heteroatoms. The van der Waals surface area contributed by atoms with E-state index in [0.29, 0.717) is 11.1 Å². The molecule has 0 radical (unpaired) electrons. The number of aliphatic carboxylic acids is 1. The number of carbonyl (C=O) groups is 1. The molecule has 1 rings (SSSR count). The Balaban J connectivity index is 3.15. The fourth-order valence-corrected chi connectivity index (χ4v) is 1.23. The highest BCUT2D eigenvalue weighted by molar-refractivity contribution is 5.76. The van der Waals surface area contributed by atoms with Crippen molar-refractivity contribution in [3.63, 3.8) is 0 Å². The fraction of sp³-hybridized carbons (Fsp3) is 0.300. The van der Waals surface area contributed by atoms with Crippen LogP contribution < -0.4 is 0 Å². The van der Waals surface area contributed by atoms with E-state index in [1.807, 2.05) is 0 Å². The first-order chi connectivity index (χ1) is 6.04. The second kappa shape index (κ2) is 3.56. The van der Waals surface area contributed by atoms with Crippen LogP contribution >= 0.6 is 0 Å². The Hall–Kier alpha value is -1.38. The van der Waals surface area contributed by atoms with E-state index < -0.39 is 11.9 Å². The number of hydrogen-bond acceptors (Lipinski definition) is 1. The molecular formula is C10H11FO2. The number of rotatable bonds is 2. The summed E-state index contributed by atoms with van der Waals surface area (Å²) in [7, 11) is 0. The number of carboxylic acids is 1. The molecular weight excluding hydrogens is 171 g/mol. The third-order valence-corrected chi connectivity index (χ3v) is 2.15. The Morgan fingerprint density at radius 1 is 1.54 bits per heavy atom. The van der Waals surface area contributed by atoms with Gasteiger partial charge >= 0.3 is 5.97 Å². The smallest absolute Gasteiger partial charge is 0.310 e. The topological polar surface area (TPSA) is 37.3 Å². The number of hydrogen-bond donors (Lipinski definition) is 1. The minimum absolute atomic E-state index is 0.356. The molecule has 0 spiro atoms. The third-order valence-electron chi connectivity index (χ3n) is 2.15. The Labute approximate surface area is 76.0 Å². The Kier molecular flexibility index (Phi) is 2.66. The lowest BCUT2D eigenvalue weighted by atomic mass is 9.96. The van der Waals surface area contributed by atoms with E-state index in [2.05, 4.69) is 0 Å². The molecule has 1 aromatic carbocycles. The summed E-state index contributed by atoms with van der Waals surface area (Å²) in [5.41, 5.74) is 0.949. The maximum Gasteiger partial charge on any atom is 0.310 e. The monoisotopic (exact) mass is 182 g/mol. The molecule has 13 heavy (non-hydrogen) atoms. The molecule has 0 saturated carbocycles. The normalized spacial score (nSPS) is 12.5. The summed E-state index contributed by atoms with van der Waals surface area (Å²) >= 11 is 0. The summed E-state index contributed by atoms with van der Waals surface area (Å²) in [6, 6.07) is 4.49. The molecule has 70 valence electrons. The summed E-state index contributed by atoms with van der Waals surface area (Å²) in [5, 5.41) is 8.73. The van der Waals surface area contributed by atoms with Crippen molar-refractivity contribution >= 4 is 5.97 Å². The average molecular weight is 182 g/mol. The number of halogens is 1. The molecule has 0 heterocycles. The van der Waals surface area contributed by atoms with Gasteiger partial charge in [0.25, 0.3) is 0 Å². The van der Waals surface area contributed by atoms with Crippen LogP contribution in [0.25, 0.3) is 0 Å². The first-order valence-electron chi connectivity index (χ1n) is 4.02. The molecule has 0 aliphatic rings. The highest BCUT2D eigenvalue weighted by atomic mass is 19.1. The summed E-state index contributed by atoms with van der Waals surface area (Å²) in [6.07, 6.45) is 0. The van der Waals surface area contributed by atoms with Gasteiger partial charge in [-0.1, -0.05) is 12.1 Å². The Bertz CT molecular complexity index is 334. The van der Waals surface area contributed by atoms with Crippen LogP contribution in [0, 0.1) is 12.7 Å². The van der Waals surface area contributed by atoms with Gasteiger partial charge in [-0.25, -0.2) is 4.39 Å². The van der Waals surface area contributed by atoms with Crippen LogP contribution in [0.3, 0.4) is 0 Å². The molecule has 0 saturated heterocycles. The summed E-state index contributed by atoms with van der Waals surface area (Å²) in [5.74, 6) is -1.95. The molecule has 0 fully saturated rings. The second-order valence-corrected chi connectivity index (χ2v) is 3.01. The second-order valence-electron chi connectivity index (χ2n) is 3.01.